The molecule has 0 atom stereocenters. The van der Waals surface area contributed by atoms with E-state index >= 15 is 0 Å². The van der Waals surface area contributed by atoms with Crippen molar-refractivity contribution in [2.24, 2.45) is 0 Å². The van der Waals surface area contributed by atoms with Crippen LogP contribution < -0.4 is 0 Å². The number of aliphatic hydroxyl groups excluding tert-OH is 1. The largest absolute Gasteiger partial charge is 0.394 e. The number of aliphatic hydroxyl groups is 1. The molecule has 0 saturated heterocycles. The van der Waals surface area contributed by atoms with Crippen molar-refractivity contribution in [1.29, 1.82) is 0 Å². The molecule has 0 fully saturated rings. The minimum absolute atomic E-state index is 0.0166. The van der Waals surface area contributed by atoms with Crippen molar-refractivity contribution in [3.8, 4) is 11.4 Å². The maximum atomic E-state index is 13.5. The number of thioether (sulfide) groups is 1. The van der Waals surface area contributed by atoms with Crippen LogP contribution in [0.4, 0.5) is 4.39 Å². The van der Waals surface area contributed by atoms with Crippen LogP contribution >= 0.6 is 11.8 Å². The summed E-state index contributed by atoms with van der Waals surface area (Å²) in [5, 5.41) is 15.8. The molecule has 0 radical (unpaired) electrons. The van der Waals surface area contributed by atoms with Gasteiger partial charge in [0.25, 0.3) is 0 Å². The van der Waals surface area contributed by atoms with Gasteiger partial charge in [0.2, 0.25) is 5.16 Å². The monoisotopic (exact) mass is 283 g/mol. The molecule has 7 heteroatoms. The number of aromatic nitrogens is 3. The maximum Gasteiger partial charge on any atom is 0.208 e. The molecule has 0 amide bonds. The molecule has 0 saturated carbocycles. The van der Waals surface area contributed by atoms with Gasteiger partial charge in [0.1, 0.15) is 5.82 Å². The van der Waals surface area contributed by atoms with Crippen LogP contribution in [-0.4, -0.2) is 45.9 Å². The van der Waals surface area contributed by atoms with E-state index in [0.29, 0.717) is 35.5 Å². The second-order valence-electron chi connectivity index (χ2n) is 3.63. The van der Waals surface area contributed by atoms with Crippen molar-refractivity contribution in [2.75, 3.05) is 25.6 Å². The quantitative estimate of drug-likeness (QED) is 0.598. The maximum absolute atomic E-state index is 13.5. The standard InChI is InChI=1S/C12H14FN3O2S/c13-10-4-2-1-3-9(10)11-14-12(16-15-11)19-8-7-18-6-5-17/h1-4,17H,5-8H2,(H,14,15,16). The highest BCUT2D eigenvalue weighted by molar-refractivity contribution is 7.99. The normalized spacial score (nSPS) is 10.8. The highest BCUT2D eigenvalue weighted by Gasteiger charge is 2.09. The zero-order chi connectivity index (χ0) is 13.5. The molecular weight excluding hydrogens is 269 g/mol. The second-order valence-corrected chi connectivity index (χ2v) is 4.69. The Morgan fingerprint density at radius 1 is 1.32 bits per heavy atom. The second kappa shape index (κ2) is 7.22. The Morgan fingerprint density at radius 3 is 2.95 bits per heavy atom. The predicted molar refractivity (Wildman–Crippen MR) is 70.4 cm³/mol. The van der Waals surface area contributed by atoms with Crippen molar-refractivity contribution in [2.45, 2.75) is 5.16 Å². The fraction of sp³-hybridized carbons (Fsp3) is 0.333. The third kappa shape index (κ3) is 4.02. The molecule has 2 N–H and O–H groups in total. The minimum Gasteiger partial charge on any atom is -0.394 e. The number of aromatic amines is 1. The molecule has 0 aliphatic carbocycles. The van der Waals surface area contributed by atoms with E-state index in [2.05, 4.69) is 15.2 Å². The zero-order valence-corrected chi connectivity index (χ0v) is 11.0. The van der Waals surface area contributed by atoms with Gasteiger partial charge in [-0.1, -0.05) is 23.9 Å². The summed E-state index contributed by atoms with van der Waals surface area (Å²) in [5.41, 5.74) is 0.401. The molecule has 0 aliphatic heterocycles. The Hall–Kier alpha value is -1.44. The molecule has 0 aliphatic rings. The minimum atomic E-state index is -0.332. The number of rotatable bonds is 7. The number of hydrogen-bond acceptors (Lipinski definition) is 5. The van der Waals surface area contributed by atoms with Gasteiger partial charge in [0.15, 0.2) is 5.82 Å². The summed E-state index contributed by atoms with van der Waals surface area (Å²) in [6.07, 6.45) is 0. The first-order chi connectivity index (χ1) is 9.31. The van der Waals surface area contributed by atoms with E-state index in [4.69, 9.17) is 9.84 Å². The van der Waals surface area contributed by atoms with Crippen LogP contribution in [0.1, 0.15) is 0 Å². The lowest BCUT2D eigenvalue weighted by molar-refractivity contribution is 0.103. The molecular formula is C12H14FN3O2S. The lowest BCUT2D eigenvalue weighted by atomic mass is 10.2. The van der Waals surface area contributed by atoms with Gasteiger partial charge in [0, 0.05) is 5.75 Å². The Labute approximate surface area is 114 Å². The van der Waals surface area contributed by atoms with E-state index in [1.165, 1.54) is 17.8 Å². The third-order valence-electron chi connectivity index (χ3n) is 2.29. The fourth-order valence-corrected chi connectivity index (χ4v) is 2.09. The van der Waals surface area contributed by atoms with Gasteiger partial charge >= 0.3 is 0 Å². The van der Waals surface area contributed by atoms with Crippen LogP contribution in [0.15, 0.2) is 29.4 Å². The zero-order valence-electron chi connectivity index (χ0n) is 10.2. The van der Waals surface area contributed by atoms with Gasteiger partial charge in [-0.15, -0.1) is 5.10 Å². The predicted octanol–water partition coefficient (Wildman–Crippen LogP) is 1.71. The van der Waals surface area contributed by atoms with Crippen LogP contribution in [0.3, 0.4) is 0 Å². The highest BCUT2D eigenvalue weighted by Crippen LogP contribution is 2.21. The fourth-order valence-electron chi connectivity index (χ4n) is 1.44. The first-order valence-electron chi connectivity index (χ1n) is 5.80. The van der Waals surface area contributed by atoms with Gasteiger partial charge in [-0.05, 0) is 12.1 Å². The topological polar surface area (TPSA) is 71.0 Å². The van der Waals surface area contributed by atoms with Crippen molar-refractivity contribution in [1.82, 2.24) is 15.2 Å². The van der Waals surface area contributed by atoms with Crippen LogP contribution in [0, 0.1) is 5.82 Å². The van der Waals surface area contributed by atoms with Crippen LogP contribution in [-0.2, 0) is 4.74 Å². The van der Waals surface area contributed by atoms with Crippen molar-refractivity contribution in [3.05, 3.63) is 30.1 Å². The molecule has 102 valence electrons. The Morgan fingerprint density at radius 2 is 2.16 bits per heavy atom. The lowest BCUT2D eigenvalue weighted by Gasteiger charge is -1.99. The molecule has 0 bridgehead atoms. The van der Waals surface area contributed by atoms with Gasteiger partial charge in [0.05, 0.1) is 25.4 Å². The summed E-state index contributed by atoms with van der Waals surface area (Å²) in [4.78, 5) is 4.21. The van der Waals surface area contributed by atoms with E-state index in [9.17, 15) is 4.39 Å². The van der Waals surface area contributed by atoms with Crippen LogP contribution in [0.25, 0.3) is 11.4 Å². The first-order valence-corrected chi connectivity index (χ1v) is 6.78. The van der Waals surface area contributed by atoms with E-state index < -0.39 is 0 Å². The third-order valence-corrected chi connectivity index (χ3v) is 3.10. The molecule has 0 spiro atoms. The highest BCUT2D eigenvalue weighted by atomic mass is 32.2. The molecule has 5 nitrogen and oxygen atoms in total. The first kappa shape index (κ1) is 14.0. The summed E-state index contributed by atoms with van der Waals surface area (Å²) in [5.74, 6) is 0.757. The number of benzene rings is 1. The molecule has 1 heterocycles. The Balaban J connectivity index is 1.91. The SMILES string of the molecule is OCCOCCSc1n[nH]c(-c2ccccc2F)n1. The molecule has 1 aromatic heterocycles. The Kier molecular flexibility index (Phi) is 5.31. The lowest BCUT2D eigenvalue weighted by Crippen LogP contribution is -2.02. The van der Waals surface area contributed by atoms with Gasteiger partial charge in [-0.2, -0.15) is 0 Å². The summed E-state index contributed by atoms with van der Waals surface area (Å²) in [6, 6.07) is 6.40. The molecule has 19 heavy (non-hydrogen) atoms. The van der Waals surface area contributed by atoms with Crippen molar-refractivity contribution >= 4 is 11.8 Å². The number of hydrogen-bond donors (Lipinski definition) is 2. The van der Waals surface area contributed by atoms with Gasteiger partial charge in [-0.25, -0.2) is 9.37 Å². The summed E-state index contributed by atoms with van der Waals surface area (Å²) >= 11 is 1.41. The van der Waals surface area contributed by atoms with E-state index in [0.717, 1.165) is 0 Å². The smallest absolute Gasteiger partial charge is 0.208 e. The van der Waals surface area contributed by atoms with E-state index in [1.54, 1.807) is 18.2 Å². The summed E-state index contributed by atoms with van der Waals surface area (Å²) in [6.45, 7) is 0.854. The molecule has 0 unspecified atom stereocenters. The van der Waals surface area contributed by atoms with E-state index in [-0.39, 0.29) is 12.4 Å². The molecule has 1 aromatic carbocycles. The number of H-pyrrole nitrogens is 1. The average molecular weight is 283 g/mol. The van der Waals surface area contributed by atoms with Crippen molar-refractivity contribution < 1.29 is 14.2 Å². The Bertz CT molecular complexity index is 521. The number of halogens is 1. The van der Waals surface area contributed by atoms with Crippen LogP contribution in [0.2, 0.25) is 0 Å². The average Bonchev–Trinajstić information content (AvgIpc) is 2.88. The van der Waals surface area contributed by atoms with E-state index in [1.807, 2.05) is 0 Å². The number of nitrogens with one attached hydrogen (secondary N) is 1. The summed E-state index contributed by atoms with van der Waals surface area (Å²) in [7, 11) is 0. The van der Waals surface area contributed by atoms with Gasteiger partial charge < -0.3 is 9.84 Å². The van der Waals surface area contributed by atoms with Crippen LogP contribution in [0.5, 0.6) is 0 Å². The van der Waals surface area contributed by atoms with Crippen molar-refractivity contribution in [3.63, 3.8) is 0 Å². The number of ether oxygens (including phenoxy) is 1. The molecule has 2 aromatic rings. The van der Waals surface area contributed by atoms with Gasteiger partial charge in [-0.3, -0.25) is 5.10 Å². The number of nitrogens with zero attached hydrogens (tertiary/aromatic N) is 2. The molecule has 2 rings (SSSR count). The summed E-state index contributed by atoms with van der Waals surface area (Å²) < 4.78 is 18.7.